The second-order valence-corrected chi connectivity index (χ2v) is 7.08. The van der Waals surface area contributed by atoms with E-state index < -0.39 is 0 Å². The molecule has 1 unspecified atom stereocenters. The van der Waals surface area contributed by atoms with Crippen molar-refractivity contribution in [2.45, 2.75) is 32.9 Å². The number of thiophene rings is 1. The van der Waals surface area contributed by atoms with E-state index in [-0.39, 0.29) is 0 Å². The van der Waals surface area contributed by atoms with E-state index in [9.17, 15) is 0 Å². The first-order valence-corrected chi connectivity index (χ1v) is 8.30. The van der Waals surface area contributed by atoms with E-state index in [4.69, 9.17) is 0 Å². The van der Waals surface area contributed by atoms with Crippen LogP contribution < -0.4 is 5.32 Å². The van der Waals surface area contributed by atoms with Crippen LogP contribution in [0.3, 0.4) is 0 Å². The van der Waals surface area contributed by atoms with Crippen LogP contribution in [0.5, 0.6) is 0 Å². The van der Waals surface area contributed by atoms with Gasteiger partial charge in [-0.15, -0.1) is 11.3 Å². The van der Waals surface area contributed by atoms with Crippen molar-refractivity contribution in [3.8, 4) is 0 Å². The average Bonchev–Trinajstić information content (AvgIpc) is 2.88. The van der Waals surface area contributed by atoms with Crippen LogP contribution in [-0.2, 0) is 0 Å². The summed E-state index contributed by atoms with van der Waals surface area (Å²) in [6.07, 6.45) is 0. The monoisotopic (exact) mass is 337 g/mol. The third-order valence-electron chi connectivity index (χ3n) is 3.29. The first kappa shape index (κ1) is 14.8. The normalized spacial score (nSPS) is 14.6. The Kier molecular flexibility index (Phi) is 5.20. The van der Waals surface area contributed by atoms with Gasteiger partial charge in [0, 0.05) is 21.4 Å². The van der Waals surface area contributed by atoms with Crippen molar-refractivity contribution in [2.75, 3.05) is 0 Å². The van der Waals surface area contributed by atoms with Gasteiger partial charge in [0.2, 0.25) is 0 Å². The Morgan fingerprint density at radius 1 is 1.11 bits per heavy atom. The van der Waals surface area contributed by atoms with Crippen LogP contribution in [0.1, 0.15) is 43.3 Å². The highest BCUT2D eigenvalue weighted by molar-refractivity contribution is 9.10. The molecule has 3 heteroatoms. The van der Waals surface area contributed by atoms with Crippen molar-refractivity contribution >= 4 is 27.3 Å². The van der Waals surface area contributed by atoms with E-state index in [1.165, 1.54) is 10.4 Å². The first-order chi connectivity index (χ1) is 9.08. The lowest BCUT2D eigenvalue weighted by molar-refractivity contribution is 0.379. The summed E-state index contributed by atoms with van der Waals surface area (Å²) in [5.41, 5.74) is 1.32. The molecule has 0 fully saturated rings. The Labute approximate surface area is 128 Å². The molecule has 0 amide bonds. The van der Waals surface area contributed by atoms with Gasteiger partial charge in [-0.3, -0.25) is 0 Å². The summed E-state index contributed by atoms with van der Waals surface area (Å²) < 4.78 is 1.14. The molecule has 1 aromatic heterocycles. The van der Waals surface area contributed by atoms with E-state index in [0.717, 1.165) is 4.47 Å². The van der Waals surface area contributed by atoms with Gasteiger partial charge in [-0.2, -0.15) is 0 Å². The maximum atomic E-state index is 3.75. The van der Waals surface area contributed by atoms with Gasteiger partial charge < -0.3 is 5.32 Å². The van der Waals surface area contributed by atoms with Crippen LogP contribution in [0.25, 0.3) is 0 Å². The molecule has 0 saturated heterocycles. The predicted octanol–water partition coefficient (Wildman–Crippen LogP) is 5.56. The molecule has 1 nitrogen and oxygen atoms in total. The highest BCUT2D eigenvalue weighted by atomic mass is 79.9. The van der Waals surface area contributed by atoms with Gasteiger partial charge in [-0.1, -0.05) is 48.0 Å². The molecule has 0 aliphatic heterocycles. The van der Waals surface area contributed by atoms with Crippen LogP contribution in [-0.4, -0.2) is 0 Å². The molecule has 19 heavy (non-hydrogen) atoms. The standard InChI is InChI=1S/C16H20BrNS/c1-11(2)16(15-8-5-9-19-15)18-12(3)13-6-4-7-14(17)10-13/h4-12,16,18H,1-3H3/t12-,16?/m1/s1. The van der Waals surface area contributed by atoms with Crippen molar-refractivity contribution in [1.82, 2.24) is 5.32 Å². The van der Waals surface area contributed by atoms with Gasteiger partial charge in [-0.05, 0) is 42.0 Å². The molecule has 1 aromatic carbocycles. The Morgan fingerprint density at radius 3 is 2.47 bits per heavy atom. The number of benzene rings is 1. The van der Waals surface area contributed by atoms with Gasteiger partial charge >= 0.3 is 0 Å². The minimum Gasteiger partial charge on any atom is -0.302 e. The predicted molar refractivity (Wildman–Crippen MR) is 87.6 cm³/mol. The molecular formula is C16H20BrNS. The number of hydrogen-bond acceptors (Lipinski definition) is 2. The van der Waals surface area contributed by atoms with Gasteiger partial charge in [0.15, 0.2) is 0 Å². The Hall–Kier alpha value is -0.640. The van der Waals surface area contributed by atoms with Gasteiger partial charge in [0.1, 0.15) is 0 Å². The minimum atomic E-state index is 0.340. The van der Waals surface area contributed by atoms with Gasteiger partial charge in [0.05, 0.1) is 0 Å². The molecule has 2 aromatic rings. The number of nitrogens with one attached hydrogen (secondary N) is 1. The zero-order chi connectivity index (χ0) is 13.8. The summed E-state index contributed by atoms with van der Waals surface area (Å²) in [7, 11) is 0. The van der Waals surface area contributed by atoms with Crippen LogP contribution in [0.4, 0.5) is 0 Å². The average molecular weight is 338 g/mol. The summed E-state index contributed by atoms with van der Waals surface area (Å²) in [4.78, 5) is 1.41. The van der Waals surface area contributed by atoms with E-state index in [0.29, 0.717) is 18.0 Å². The molecule has 2 rings (SSSR count). The molecule has 1 N–H and O–H groups in total. The molecule has 0 saturated carbocycles. The van der Waals surface area contributed by atoms with E-state index in [1.807, 2.05) is 11.3 Å². The molecule has 2 atom stereocenters. The Balaban J connectivity index is 2.14. The summed E-state index contributed by atoms with van der Waals surface area (Å²) >= 11 is 5.37. The van der Waals surface area contributed by atoms with Crippen molar-refractivity contribution in [1.29, 1.82) is 0 Å². The van der Waals surface area contributed by atoms with Crippen molar-refractivity contribution < 1.29 is 0 Å². The molecule has 0 aliphatic rings. The van der Waals surface area contributed by atoms with Crippen LogP contribution >= 0.6 is 27.3 Å². The largest absolute Gasteiger partial charge is 0.302 e. The lowest BCUT2D eigenvalue weighted by Crippen LogP contribution is -2.27. The smallest absolute Gasteiger partial charge is 0.0442 e. The molecule has 0 spiro atoms. The fraction of sp³-hybridized carbons (Fsp3) is 0.375. The Morgan fingerprint density at radius 2 is 1.89 bits per heavy atom. The topological polar surface area (TPSA) is 12.0 Å². The quantitative estimate of drug-likeness (QED) is 0.753. The molecular weight excluding hydrogens is 318 g/mol. The molecule has 0 bridgehead atoms. The second kappa shape index (κ2) is 6.69. The van der Waals surface area contributed by atoms with E-state index >= 15 is 0 Å². The first-order valence-electron chi connectivity index (χ1n) is 6.63. The van der Waals surface area contributed by atoms with Gasteiger partial charge in [-0.25, -0.2) is 0 Å². The minimum absolute atomic E-state index is 0.340. The second-order valence-electron chi connectivity index (χ2n) is 5.18. The maximum Gasteiger partial charge on any atom is 0.0442 e. The fourth-order valence-electron chi connectivity index (χ4n) is 2.21. The summed E-state index contributed by atoms with van der Waals surface area (Å²) in [6, 6.07) is 13.6. The molecule has 1 heterocycles. The summed E-state index contributed by atoms with van der Waals surface area (Å²) in [6.45, 7) is 6.76. The SMILES string of the molecule is CC(C)C(N[C@H](C)c1cccc(Br)c1)c1cccs1. The molecule has 0 radical (unpaired) electrons. The van der Waals surface area contributed by atoms with Crippen LogP contribution in [0, 0.1) is 5.92 Å². The van der Waals surface area contributed by atoms with Crippen molar-refractivity contribution in [2.24, 2.45) is 5.92 Å². The maximum absolute atomic E-state index is 3.75. The Bertz CT molecular complexity index is 507. The van der Waals surface area contributed by atoms with E-state index in [1.54, 1.807) is 0 Å². The van der Waals surface area contributed by atoms with Crippen LogP contribution in [0.2, 0.25) is 0 Å². The third kappa shape index (κ3) is 3.91. The highest BCUT2D eigenvalue weighted by Crippen LogP contribution is 2.29. The van der Waals surface area contributed by atoms with Crippen molar-refractivity contribution in [3.63, 3.8) is 0 Å². The number of halogens is 1. The summed E-state index contributed by atoms with van der Waals surface area (Å²) in [5.74, 6) is 0.577. The fourth-order valence-corrected chi connectivity index (χ4v) is 3.59. The van der Waals surface area contributed by atoms with Crippen LogP contribution in [0.15, 0.2) is 46.3 Å². The zero-order valence-electron chi connectivity index (χ0n) is 11.6. The lowest BCUT2D eigenvalue weighted by atomic mass is 10.00. The van der Waals surface area contributed by atoms with Gasteiger partial charge in [0.25, 0.3) is 0 Å². The summed E-state index contributed by atoms with van der Waals surface area (Å²) in [5, 5.41) is 5.90. The molecule has 0 aliphatic carbocycles. The lowest BCUT2D eigenvalue weighted by Gasteiger charge is -2.26. The zero-order valence-corrected chi connectivity index (χ0v) is 14.0. The number of rotatable bonds is 5. The molecule has 102 valence electrons. The van der Waals surface area contributed by atoms with Crippen molar-refractivity contribution in [3.05, 3.63) is 56.7 Å². The number of hydrogen-bond donors (Lipinski definition) is 1. The van der Waals surface area contributed by atoms with E-state index in [2.05, 4.69) is 83.8 Å². The third-order valence-corrected chi connectivity index (χ3v) is 4.74. The highest BCUT2D eigenvalue weighted by Gasteiger charge is 2.19.